The van der Waals surface area contributed by atoms with Crippen LogP contribution in [0.3, 0.4) is 0 Å². The van der Waals surface area contributed by atoms with Gasteiger partial charge >= 0.3 is 0 Å². The first-order valence-corrected chi connectivity index (χ1v) is 19.2. The number of amides is 1. The zero-order valence-electron chi connectivity index (χ0n) is 27.5. The van der Waals surface area contributed by atoms with E-state index in [-0.39, 0.29) is 17.4 Å². The fourth-order valence-corrected chi connectivity index (χ4v) is 7.25. The second kappa shape index (κ2) is 16.5. The lowest BCUT2D eigenvalue weighted by Gasteiger charge is -2.29. The van der Waals surface area contributed by atoms with E-state index in [0.29, 0.717) is 47.4 Å². The van der Waals surface area contributed by atoms with Crippen molar-refractivity contribution in [2.75, 3.05) is 34.8 Å². The van der Waals surface area contributed by atoms with Crippen LogP contribution >= 0.6 is 11.6 Å². The highest BCUT2D eigenvalue weighted by Gasteiger charge is 2.23. The Bertz CT molecular complexity index is 1690. The van der Waals surface area contributed by atoms with E-state index in [1.807, 2.05) is 55.5 Å². The number of carbonyl (C=O) groups excluding carboxylic acids is 1. The van der Waals surface area contributed by atoms with Crippen molar-refractivity contribution in [3.8, 4) is 17.1 Å². The van der Waals surface area contributed by atoms with Gasteiger partial charge in [-0.2, -0.15) is 4.63 Å². The van der Waals surface area contributed by atoms with Crippen molar-refractivity contribution in [3.63, 3.8) is 0 Å². The minimum atomic E-state index is -2.95. The van der Waals surface area contributed by atoms with Crippen molar-refractivity contribution in [2.24, 2.45) is 0 Å². The summed E-state index contributed by atoms with van der Waals surface area (Å²) in [5.74, 6) is 1.27. The van der Waals surface area contributed by atoms with Crippen molar-refractivity contribution in [1.29, 1.82) is 0 Å². The van der Waals surface area contributed by atoms with Gasteiger partial charge < -0.3 is 15.0 Å². The van der Waals surface area contributed by atoms with Crippen LogP contribution in [-0.2, 0) is 14.6 Å². The van der Waals surface area contributed by atoms with Crippen LogP contribution in [0.15, 0.2) is 48.5 Å². The number of hydrogen-bond acceptors (Lipinski definition) is 7. The van der Waals surface area contributed by atoms with Crippen LogP contribution in [0.4, 0.5) is 11.4 Å². The van der Waals surface area contributed by atoms with Crippen molar-refractivity contribution in [2.45, 2.75) is 90.6 Å². The molecule has 1 aliphatic rings. The zero-order valence-corrected chi connectivity index (χ0v) is 29.1. The van der Waals surface area contributed by atoms with Crippen molar-refractivity contribution in [3.05, 3.63) is 59.2 Å². The number of rotatable bonds is 17. The van der Waals surface area contributed by atoms with E-state index in [1.165, 1.54) is 44.9 Å². The van der Waals surface area contributed by atoms with Gasteiger partial charge in [-0.25, -0.2) is 13.4 Å². The van der Waals surface area contributed by atoms with Gasteiger partial charge in [0.25, 0.3) is 5.91 Å². The maximum atomic E-state index is 13.5. The number of hydrogen-bond donors (Lipinski definition) is 2. The molecule has 2 aromatic carbocycles. The normalized spacial score (nSPS) is 15.2. The fourth-order valence-electron chi connectivity index (χ4n) is 5.89. The average molecular weight is 683 g/mol. The van der Waals surface area contributed by atoms with E-state index in [4.69, 9.17) is 16.3 Å². The van der Waals surface area contributed by atoms with Crippen LogP contribution in [0.25, 0.3) is 17.0 Å². The number of aryl methyl sites for hydroxylation is 1. The highest BCUT2D eigenvalue weighted by molar-refractivity contribution is 7.91. The largest absolute Gasteiger partial charge is 0.481 e. The van der Waals surface area contributed by atoms with E-state index in [2.05, 4.69) is 32.3 Å². The van der Waals surface area contributed by atoms with Gasteiger partial charge in [0.05, 0.1) is 17.2 Å². The molecule has 0 spiro atoms. The van der Waals surface area contributed by atoms with Gasteiger partial charge in [-0.3, -0.25) is 9.89 Å². The molecule has 0 bridgehead atoms. The minimum Gasteiger partial charge on any atom is -0.481 e. The average Bonchev–Trinajstić information content (AvgIpc) is 3.59. The van der Waals surface area contributed by atoms with Crippen LogP contribution in [0.1, 0.15) is 83.2 Å². The molecule has 0 aliphatic carbocycles. The molecule has 4 aromatic rings. The van der Waals surface area contributed by atoms with Gasteiger partial charge in [-0.15, -0.1) is 5.10 Å². The van der Waals surface area contributed by atoms with Gasteiger partial charge in [0.2, 0.25) is 0 Å². The number of halogens is 1. The number of H-pyrrole nitrogens is 1. The third kappa shape index (κ3) is 9.73. The number of aromatic amines is 1. The summed E-state index contributed by atoms with van der Waals surface area (Å²) in [4.78, 5) is 20.1. The number of sulfone groups is 1. The Hall–Kier alpha value is -3.57. The summed E-state index contributed by atoms with van der Waals surface area (Å²) < 4.78 is 31.5. The molecule has 1 aliphatic heterocycles. The summed E-state index contributed by atoms with van der Waals surface area (Å²) in [5, 5.41) is 11.1. The molecular weight excluding hydrogens is 636 g/mol. The zero-order chi connectivity index (χ0) is 33.2. The second-order valence-electron chi connectivity index (χ2n) is 12.5. The summed E-state index contributed by atoms with van der Waals surface area (Å²) in [6.45, 7) is 5.06. The highest BCUT2D eigenvalue weighted by atomic mass is 35.5. The molecule has 254 valence electrons. The van der Waals surface area contributed by atoms with Crippen LogP contribution in [0.2, 0.25) is 5.02 Å². The molecule has 3 heterocycles. The number of carbonyl (C=O) groups is 1. The number of unbranched alkanes of at least 4 members (excludes halogenated alkanes) is 9. The number of aromatic nitrogens is 4. The summed E-state index contributed by atoms with van der Waals surface area (Å²) >= 11 is 6.32. The predicted molar refractivity (Wildman–Crippen MR) is 189 cm³/mol. The SMILES string of the molecule is CCCCCCCCCCCCC(Oc1ccc(N2CCS(=O)(=O)CC2)cc1)C(=O)Nc1ccc(-c2nc3c(Cl)c(C)[nH]n3n2)cc1. The topological polar surface area (TPSA) is 122 Å². The first-order valence-electron chi connectivity index (χ1n) is 17.0. The molecular formula is C35H47ClN6O4S. The second-order valence-corrected chi connectivity index (χ2v) is 15.2. The lowest BCUT2D eigenvalue weighted by molar-refractivity contribution is -0.123. The summed E-state index contributed by atoms with van der Waals surface area (Å²) in [5.41, 5.74) is 3.78. The number of nitrogens with one attached hydrogen (secondary N) is 2. The van der Waals surface area contributed by atoms with E-state index in [0.717, 1.165) is 36.2 Å². The van der Waals surface area contributed by atoms with E-state index in [1.54, 1.807) is 4.63 Å². The third-order valence-electron chi connectivity index (χ3n) is 8.75. The molecule has 0 radical (unpaired) electrons. The van der Waals surface area contributed by atoms with Gasteiger partial charge in [0, 0.05) is 30.0 Å². The van der Waals surface area contributed by atoms with Crippen LogP contribution in [0, 0.1) is 6.92 Å². The van der Waals surface area contributed by atoms with Crippen molar-refractivity contribution >= 4 is 44.4 Å². The molecule has 1 amide bonds. The highest BCUT2D eigenvalue weighted by Crippen LogP contribution is 2.26. The van der Waals surface area contributed by atoms with E-state index < -0.39 is 15.9 Å². The molecule has 1 fully saturated rings. The molecule has 1 saturated heterocycles. The first-order chi connectivity index (χ1) is 22.7. The Morgan fingerprint density at radius 3 is 2.17 bits per heavy atom. The predicted octanol–water partition coefficient (Wildman–Crippen LogP) is 7.62. The van der Waals surface area contributed by atoms with Crippen LogP contribution in [0.5, 0.6) is 5.75 Å². The molecule has 1 atom stereocenters. The lowest BCUT2D eigenvalue weighted by atomic mass is 10.0. The third-order valence-corrected chi connectivity index (χ3v) is 10.8. The maximum absolute atomic E-state index is 13.5. The molecule has 10 nitrogen and oxygen atoms in total. The Labute approximate surface area is 283 Å². The molecule has 2 N–H and O–H groups in total. The Kier molecular flexibility index (Phi) is 12.2. The van der Waals surface area contributed by atoms with E-state index >= 15 is 0 Å². The quantitative estimate of drug-likeness (QED) is 0.110. The molecule has 47 heavy (non-hydrogen) atoms. The summed E-state index contributed by atoms with van der Waals surface area (Å²) in [6.07, 6.45) is 12.1. The van der Waals surface area contributed by atoms with Crippen molar-refractivity contribution < 1.29 is 17.9 Å². The van der Waals surface area contributed by atoms with E-state index in [9.17, 15) is 13.2 Å². The Morgan fingerprint density at radius 1 is 0.936 bits per heavy atom. The Balaban J connectivity index is 1.18. The summed E-state index contributed by atoms with van der Waals surface area (Å²) in [6, 6.07) is 15.0. The number of nitrogens with zero attached hydrogens (tertiary/aromatic N) is 4. The van der Waals surface area contributed by atoms with Crippen LogP contribution < -0.4 is 15.0 Å². The van der Waals surface area contributed by atoms with Gasteiger partial charge in [-0.05, 0) is 68.3 Å². The fraction of sp³-hybridized carbons (Fsp3) is 0.514. The number of anilines is 2. The number of benzene rings is 2. The van der Waals surface area contributed by atoms with Gasteiger partial charge in [-0.1, -0.05) is 76.3 Å². The first kappa shape index (κ1) is 34.8. The summed E-state index contributed by atoms with van der Waals surface area (Å²) in [7, 11) is -2.95. The number of ether oxygens (including phenoxy) is 1. The molecule has 0 saturated carbocycles. The molecule has 1 unspecified atom stereocenters. The van der Waals surface area contributed by atoms with Crippen LogP contribution in [-0.4, -0.2) is 64.8 Å². The Morgan fingerprint density at radius 2 is 1.55 bits per heavy atom. The number of fused-ring (bicyclic) bond motifs is 1. The maximum Gasteiger partial charge on any atom is 0.265 e. The molecule has 2 aromatic heterocycles. The van der Waals surface area contributed by atoms with Crippen molar-refractivity contribution in [1.82, 2.24) is 19.8 Å². The van der Waals surface area contributed by atoms with Gasteiger partial charge in [0.1, 0.15) is 10.8 Å². The monoisotopic (exact) mass is 682 g/mol. The minimum absolute atomic E-state index is 0.163. The smallest absolute Gasteiger partial charge is 0.265 e. The lowest BCUT2D eigenvalue weighted by Crippen LogP contribution is -2.40. The van der Waals surface area contributed by atoms with Gasteiger partial charge in [0.15, 0.2) is 27.4 Å². The molecule has 12 heteroatoms. The standard InChI is InChI=1S/C35H47ClN6O4S/c1-3-4-5-6-7-8-9-10-11-12-13-31(46-30-20-18-29(19-21-30)41-22-24-47(44,45)25-23-41)35(43)37-28-16-14-27(15-17-28)33-38-34-32(36)26(2)39-42(34)40-33/h14-21,31,39H,3-13,22-25H2,1-2H3,(H,37,43). The molecule has 5 rings (SSSR count).